The first kappa shape index (κ1) is 21.6. The molecule has 4 nitrogen and oxygen atoms in total. The van der Waals surface area contributed by atoms with Crippen molar-refractivity contribution >= 4 is 0 Å². The van der Waals surface area contributed by atoms with Crippen molar-refractivity contribution in [2.24, 2.45) is 0 Å². The lowest BCUT2D eigenvalue weighted by Crippen LogP contribution is -2.15. The van der Waals surface area contributed by atoms with Gasteiger partial charge in [0.15, 0.2) is 24.3 Å². The van der Waals surface area contributed by atoms with E-state index in [0.717, 1.165) is 33.8 Å². The van der Waals surface area contributed by atoms with E-state index in [1.54, 1.807) is 12.4 Å². The summed E-state index contributed by atoms with van der Waals surface area (Å²) in [4.78, 5) is 8.13. The average Bonchev–Trinajstić information content (AvgIpc) is 3.71. The Labute approximate surface area is 215 Å². The smallest absolute Gasteiger partial charge is 0.181 e. The fourth-order valence-electron chi connectivity index (χ4n) is 5.52. The van der Waals surface area contributed by atoms with Crippen molar-refractivity contribution in [2.75, 3.05) is 0 Å². The first-order valence-electron chi connectivity index (χ1n) is 12.4. The van der Waals surface area contributed by atoms with E-state index in [4.69, 9.17) is 8.83 Å². The van der Waals surface area contributed by atoms with E-state index in [-0.39, 0.29) is 5.41 Å². The van der Waals surface area contributed by atoms with E-state index >= 15 is 0 Å². The van der Waals surface area contributed by atoms with Crippen LogP contribution in [0.1, 0.15) is 25.0 Å². The summed E-state index contributed by atoms with van der Waals surface area (Å²) in [5.74, 6) is 1.55. The summed E-state index contributed by atoms with van der Waals surface area (Å²) >= 11 is 0. The summed E-state index contributed by atoms with van der Waals surface area (Å²) in [6.45, 7) is 4.64. The molecule has 2 heterocycles. The van der Waals surface area contributed by atoms with Crippen LogP contribution in [0, 0.1) is 0 Å². The highest BCUT2D eigenvalue weighted by atomic mass is 16.3. The summed E-state index contributed by atoms with van der Waals surface area (Å²) in [5, 5.41) is 0. The monoisotopic (exact) mass is 480 g/mol. The molecule has 0 saturated heterocycles. The molecule has 2 aromatic heterocycles. The average molecular weight is 481 g/mol. The highest BCUT2D eigenvalue weighted by Crippen LogP contribution is 2.50. The molecule has 6 aromatic rings. The largest absolute Gasteiger partial charge is 0.444 e. The van der Waals surface area contributed by atoms with Gasteiger partial charge in [0.1, 0.15) is 0 Å². The topological polar surface area (TPSA) is 52.1 Å². The fraction of sp³-hybridized carbons (Fsp3) is 0.0909. The van der Waals surface area contributed by atoms with Crippen LogP contribution in [-0.4, -0.2) is 9.97 Å². The predicted molar refractivity (Wildman–Crippen MR) is 146 cm³/mol. The van der Waals surface area contributed by atoms with Crippen LogP contribution in [0.4, 0.5) is 0 Å². The summed E-state index contributed by atoms with van der Waals surface area (Å²) < 4.78 is 11.0. The van der Waals surface area contributed by atoms with Gasteiger partial charge in [-0.1, -0.05) is 74.5 Å². The van der Waals surface area contributed by atoms with Gasteiger partial charge in [0.05, 0.1) is 12.4 Å². The van der Waals surface area contributed by atoms with Crippen molar-refractivity contribution in [3.05, 3.63) is 121 Å². The molecule has 7 rings (SSSR count). The van der Waals surface area contributed by atoms with Gasteiger partial charge >= 0.3 is 0 Å². The first-order chi connectivity index (χ1) is 18.1. The zero-order chi connectivity index (χ0) is 25.0. The molecular formula is C33H24N2O2. The van der Waals surface area contributed by atoms with Gasteiger partial charge in [0, 0.05) is 16.5 Å². The fourth-order valence-corrected chi connectivity index (χ4v) is 5.52. The van der Waals surface area contributed by atoms with Crippen LogP contribution >= 0.6 is 0 Å². The lowest BCUT2D eigenvalue weighted by atomic mass is 9.80. The lowest BCUT2D eigenvalue weighted by molar-refractivity contribution is 0.571. The molecule has 0 fully saturated rings. The third kappa shape index (κ3) is 3.53. The minimum atomic E-state index is -0.123. The Balaban J connectivity index is 1.28. The third-order valence-electron chi connectivity index (χ3n) is 7.50. The summed E-state index contributed by atoms with van der Waals surface area (Å²) in [7, 11) is 0. The van der Waals surface area contributed by atoms with Crippen LogP contribution in [0.2, 0.25) is 0 Å². The number of hydrogen-bond acceptors (Lipinski definition) is 4. The second-order valence-electron chi connectivity index (χ2n) is 10.0. The summed E-state index contributed by atoms with van der Waals surface area (Å²) in [6.07, 6.45) is 6.44. The molecule has 0 atom stereocenters. The van der Waals surface area contributed by atoms with Gasteiger partial charge in [-0.05, 0) is 68.8 Å². The maximum atomic E-state index is 5.52. The Morgan fingerprint density at radius 1 is 0.514 bits per heavy atom. The van der Waals surface area contributed by atoms with Crippen LogP contribution in [-0.2, 0) is 5.41 Å². The third-order valence-corrected chi connectivity index (χ3v) is 7.50. The van der Waals surface area contributed by atoms with Crippen molar-refractivity contribution in [1.29, 1.82) is 0 Å². The Kier molecular flexibility index (Phi) is 4.76. The Bertz CT molecular complexity index is 1620. The molecule has 0 unspecified atom stereocenters. The minimum absolute atomic E-state index is 0.123. The first-order valence-corrected chi connectivity index (χ1v) is 12.4. The highest BCUT2D eigenvalue weighted by Gasteiger charge is 2.35. The number of oxazole rings is 2. The molecule has 0 N–H and O–H groups in total. The number of aromatic nitrogens is 2. The van der Waals surface area contributed by atoms with Gasteiger partial charge in [0.25, 0.3) is 0 Å². The van der Waals surface area contributed by atoms with Crippen LogP contribution < -0.4 is 0 Å². The Morgan fingerprint density at radius 3 is 1.38 bits per heavy atom. The normalized spacial score (nSPS) is 13.4. The van der Waals surface area contributed by atoms with E-state index in [1.807, 2.05) is 0 Å². The zero-order valence-corrected chi connectivity index (χ0v) is 20.6. The van der Waals surface area contributed by atoms with Gasteiger partial charge in [-0.2, -0.15) is 0 Å². The number of nitrogens with zero attached hydrogens (tertiary/aromatic N) is 2. The van der Waals surface area contributed by atoms with Crippen LogP contribution in [0.5, 0.6) is 0 Å². The van der Waals surface area contributed by atoms with Crippen molar-refractivity contribution < 1.29 is 8.83 Å². The molecule has 0 bridgehead atoms. The molecule has 0 spiro atoms. The molecule has 0 aliphatic heterocycles. The van der Waals surface area contributed by atoms with Crippen molar-refractivity contribution in [2.45, 2.75) is 19.3 Å². The molecule has 178 valence electrons. The molecule has 0 radical (unpaired) electrons. The van der Waals surface area contributed by atoms with E-state index in [1.165, 1.54) is 46.2 Å². The lowest BCUT2D eigenvalue weighted by Gasteiger charge is -2.22. The molecule has 4 aromatic carbocycles. The van der Waals surface area contributed by atoms with E-state index in [9.17, 15) is 0 Å². The molecule has 1 aliphatic carbocycles. The standard InChI is InChI=1S/C33H24N2O2/c1-33(2)29-15-23(21-5-3-7-25(13-21)31-17-34-19-36-31)9-11-27(29)28-12-10-24(16-30(28)33)22-6-4-8-26(14-22)32-18-35-20-37-32/h3-20H,1-2H3. The zero-order valence-electron chi connectivity index (χ0n) is 20.6. The Hall–Kier alpha value is -4.70. The number of benzene rings is 4. The molecule has 0 amide bonds. The minimum Gasteiger partial charge on any atom is -0.444 e. The molecule has 37 heavy (non-hydrogen) atoms. The van der Waals surface area contributed by atoms with E-state index in [0.29, 0.717) is 0 Å². The second-order valence-corrected chi connectivity index (χ2v) is 10.0. The number of rotatable bonds is 4. The number of fused-ring (bicyclic) bond motifs is 3. The highest BCUT2D eigenvalue weighted by molar-refractivity contribution is 5.86. The molecule has 4 heteroatoms. The van der Waals surface area contributed by atoms with Gasteiger partial charge in [-0.25, -0.2) is 9.97 Å². The Morgan fingerprint density at radius 2 is 0.946 bits per heavy atom. The molecule has 0 saturated carbocycles. The maximum absolute atomic E-state index is 5.52. The van der Waals surface area contributed by atoms with Gasteiger partial charge in [-0.15, -0.1) is 0 Å². The van der Waals surface area contributed by atoms with Gasteiger partial charge < -0.3 is 8.83 Å². The van der Waals surface area contributed by atoms with Crippen LogP contribution in [0.15, 0.2) is 119 Å². The molecule has 1 aliphatic rings. The van der Waals surface area contributed by atoms with E-state index in [2.05, 4.69) is 109 Å². The van der Waals surface area contributed by atoms with Crippen molar-refractivity contribution in [3.63, 3.8) is 0 Å². The second kappa shape index (κ2) is 8.17. The maximum Gasteiger partial charge on any atom is 0.181 e. The quantitative estimate of drug-likeness (QED) is 0.253. The summed E-state index contributed by atoms with van der Waals surface area (Å²) in [6, 6.07) is 30.5. The molecular weight excluding hydrogens is 456 g/mol. The summed E-state index contributed by atoms with van der Waals surface area (Å²) in [5.41, 5.74) is 11.9. The van der Waals surface area contributed by atoms with Crippen molar-refractivity contribution in [3.8, 4) is 56.0 Å². The van der Waals surface area contributed by atoms with Gasteiger partial charge in [-0.3, -0.25) is 0 Å². The SMILES string of the molecule is CC1(C)c2cc(-c3cccc(-c4cnco4)c3)ccc2-c2ccc(-c3cccc(-c4cnco4)c3)cc21. The van der Waals surface area contributed by atoms with Gasteiger partial charge in [0.2, 0.25) is 0 Å². The van der Waals surface area contributed by atoms with E-state index < -0.39 is 0 Å². The predicted octanol–water partition coefficient (Wildman–Crippen LogP) is 8.64. The van der Waals surface area contributed by atoms with Crippen molar-refractivity contribution in [1.82, 2.24) is 9.97 Å². The van der Waals surface area contributed by atoms with Crippen LogP contribution in [0.25, 0.3) is 56.0 Å². The van der Waals surface area contributed by atoms with Crippen LogP contribution in [0.3, 0.4) is 0 Å². The number of hydrogen-bond donors (Lipinski definition) is 0.